The lowest BCUT2D eigenvalue weighted by molar-refractivity contribution is 0.0993. The van der Waals surface area contributed by atoms with Crippen molar-refractivity contribution in [3.05, 3.63) is 47.0 Å². The molecule has 23 heavy (non-hydrogen) atoms. The Balaban J connectivity index is 2.09. The maximum atomic E-state index is 12.7. The van der Waals surface area contributed by atoms with Gasteiger partial charge in [-0.3, -0.25) is 4.79 Å². The molecule has 0 saturated heterocycles. The van der Waals surface area contributed by atoms with Gasteiger partial charge in [0.15, 0.2) is 10.1 Å². The number of hydrogen-bond acceptors (Lipinski definition) is 6. The molecule has 122 valence electrons. The molecule has 4 nitrogen and oxygen atoms in total. The Hall–Kier alpha value is -1.66. The smallest absolute Gasteiger partial charge is 0.206 e. The molecule has 2 rings (SSSR count). The lowest BCUT2D eigenvalue weighted by Crippen LogP contribution is -2.15. The largest absolute Gasteiger partial charge is 0.357 e. The number of hydrogen-bond donors (Lipinski definition) is 1. The average molecular weight is 348 g/mol. The fourth-order valence-corrected chi connectivity index (χ4v) is 4.11. The predicted octanol–water partition coefficient (Wildman–Crippen LogP) is 4.42. The number of carbonyl (C=O) groups is 1. The maximum Gasteiger partial charge on any atom is 0.206 e. The molecular weight excluding hydrogens is 326 g/mol. The Morgan fingerprint density at radius 3 is 2.70 bits per heavy atom. The van der Waals surface area contributed by atoms with Crippen molar-refractivity contribution < 1.29 is 4.79 Å². The first-order chi connectivity index (χ1) is 10.9. The zero-order valence-corrected chi connectivity index (χ0v) is 15.5. The number of nitrogens with zero attached hydrogens (tertiary/aromatic N) is 2. The van der Waals surface area contributed by atoms with E-state index >= 15 is 0 Å². The number of nitrogens with one attached hydrogen (secondary N) is 1. The van der Waals surface area contributed by atoms with Crippen LogP contribution in [-0.4, -0.2) is 27.8 Å². The van der Waals surface area contributed by atoms with Gasteiger partial charge >= 0.3 is 0 Å². The van der Waals surface area contributed by atoms with Crippen LogP contribution in [0.25, 0.3) is 0 Å². The van der Waals surface area contributed by atoms with Crippen LogP contribution in [0.5, 0.6) is 0 Å². The molecule has 1 aromatic heterocycles. The third-order valence-corrected chi connectivity index (χ3v) is 5.62. The van der Waals surface area contributed by atoms with Gasteiger partial charge in [0.1, 0.15) is 0 Å². The van der Waals surface area contributed by atoms with Crippen LogP contribution in [0, 0.1) is 20.8 Å². The minimum Gasteiger partial charge on any atom is -0.357 e. The second-order valence-corrected chi connectivity index (χ2v) is 7.98. The van der Waals surface area contributed by atoms with Crippen molar-refractivity contribution in [2.45, 2.75) is 37.3 Å². The SMILES string of the molecule is C=CCNc1nnc(S[C@@H](C)C(=O)c2cc(C)c(C)cc2C)s1. The van der Waals surface area contributed by atoms with Crippen LogP contribution in [0.3, 0.4) is 0 Å². The summed E-state index contributed by atoms with van der Waals surface area (Å²) in [6.07, 6.45) is 1.77. The summed E-state index contributed by atoms with van der Waals surface area (Å²) in [5.41, 5.74) is 4.17. The number of aromatic nitrogens is 2. The number of rotatable bonds is 7. The first kappa shape index (κ1) is 17.7. The van der Waals surface area contributed by atoms with Gasteiger partial charge in [-0.25, -0.2) is 0 Å². The molecule has 0 unspecified atom stereocenters. The van der Waals surface area contributed by atoms with Crippen LogP contribution in [0.4, 0.5) is 5.13 Å². The monoisotopic (exact) mass is 347 g/mol. The highest BCUT2D eigenvalue weighted by atomic mass is 32.2. The highest BCUT2D eigenvalue weighted by Crippen LogP contribution is 2.31. The Kier molecular flexibility index (Phi) is 5.96. The summed E-state index contributed by atoms with van der Waals surface area (Å²) in [7, 11) is 0. The summed E-state index contributed by atoms with van der Waals surface area (Å²) in [6, 6.07) is 4.06. The predicted molar refractivity (Wildman–Crippen MR) is 98.9 cm³/mol. The number of Topliss-reactive ketones (excluding diaryl/α,β-unsaturated/α-hetero) is 1. The molecule has 6 heteroatoms. The van der Waals surface area contributed by atoms with Crippen LogP contribution in [-0.2, 0) is 0 Å². The minimum atomic E-state index is -0.198. The zero-order valence-electron chi connectivity index (χ0n) is 13.8. The molecule has 0 fully saturated rings. The molecule has 0 aliphatic heterocycles. The minimum absolute atomic E-state index is 0.131. The number of carbonyl (C=O) groups excluding carboxylic acids is 1. The van der Waals surface area contributed by atoms with Crippen molar-refractivity contribution in [2.75, 3.05) is 11.9 Å². The number of aryl methyl sites for hydroxylation is 3. The van der Waals surface area contributed by atoms with Crippen molar-refractivity contribution >= 4 is 34.0 Å². The third-order valence-electron chi connectivity index (χ3n) is 3.56. The molecular formula is C17H21N3OS2. The summed E-state index contributed by atoms with van der Waals surface area (Å²) in [4.78, 5) is 12.7. The summed E-state index contributed by atoms with van der Waals surface area (Å²) in [6.45, 7) is 12.3. The van der Waals surface area contributed by atoms with Gasteiger partial charge in [0, 0.05) is 12.1 Å². The Morgan fingerprint density at radius 2 is 2.00 bits per heavy atom. The summed E-state index contributed by atoms with van der Waals surface area (Å²) in [5.74, 6) is 0.131. The quantitative estimate of drug-likeness (QED) is 0.456. The highest BCUT2D eigenvalue weighted by molar-refractivity contribution is 8.02. The van der Waals surface area contributed by atoms with E-state index in [-0.39, 0.29) is 11.0 Å². The van der Waals surface area contributed by atoms with Crippen molar-refractivity contribution in [1.29, 1.82) is 0 Å². The molecule has 0 bridgehead atoms. The molecule has 1 atom stereocenters. The first-order valence-electron chi connectivity index (χ1n) is 7.39. The molecule has 1 N–H and O–H groups in total. The van der Waals surface area contributed by atoms with Gasteiger partial charge < -0.3 is 5.32 Å². The Morgan fingerprint density at radius 1 is 1.30 bits per heavy atom. The van der Waals surface area contributed by atoms with E-state index in [1.807, 2.05) is 26.8 Å². The topological polar surface area (TPSA) is 54.9 Å². The van der Waals surface area contributed by atoms with E-state index in [4.69, 9.17) is 0 Å². The van der Waals surface area contributed by atoms with E-state index < -0.39 is 0 Å². The van der Waals surface area contributed by atoms with Gasteiger partial charge in [0.25, 0.3) is 0 Å². The fraction of sp³-hybridized carbons (Fsp3) is 0.353. The lowest BCUT2D eigenvalue weighted by atomic mass is 9.97. The standard InChI is InChI=1S/C17H21N3OS2/c1-6-7-18-16-19-20-17(23-16)22-13(5)15(21)14-9-11(3)10(2)8-12(14)4/h6,8-9,13H,1,7H2,2-5H3,(H,18,19)/t13-/m0/s1. The van der Waals surface area contributed by atoms with E-state index in [1.165, 1.54) is 28.7 Å². The van der Waals surface area contributed by atoms with Gasteiger partial charge in [-0.05, 0) is 50.5 Å². The van der Waals surface area contributed by atoms with Gasteiger partial charge in [-0.15, -0.1) is 16.8 Å². The second kappa shape index (κ2) is 7.75. The van der Waals surface area contributed by atoms with Gasteiger partial charge in [0.2, 0.25) is 5.13 Å². The van der Waals surface area contributed by atoms with Gasteiger partial charge in [0.05, 0.1) is 5.25 Å². The molecule has 2 aromatic rings. The fourth-order valence-electron chi connectivity index (χ4n) is 2.14. The molecule has 0 aliphatic rings. The van der Waals surface area contributed by atoms with Crippen LogP contribution in [0.15, 0.2) is 29.1 Å². The van der Waals surface area contributed by atoms with E-state index in [0.29, 0.717) is 6.54 Å². The summed E-state index contributed by atoms with van der Waals surface area (Å²) in [5, 5.41) is 11.8. The number of anilines is 1. The maximum absolute atomic E-state index is 12.7. The normalized spacial score (nSPS) is 12.0. The van der Waals surface area contributed by atoms with Crippen molar-refractivity contribution in [3.63, 3.8) is 0 Å². The number of thioether (sulfide) groups is 1. The number of benzene rings is 1. The van der Waals surface area contributed by atoms with E-state index in [0.717, 1.165) is 26.2 Å². The summed E-state index contributed by atoms with van der Waals surface area (Å²) >= 11 is 2.90. The first-order valence-corrected chi connectivity index (χ1v) is 9.09. The van der Waals surface area contributed by atoms with E-state index in [2.05, 4.69) is 35.1 Å². The van der Waals surface area contributed by atoms with Crippen molar-refractivity contribution in [1.82, 2.24) is 10.2 Å². The highest BCUT2D eigenvalue weighted by Gasteiger charge is 2.20. The molecule has 0 aliphatic carbocycles. The average Bonchev–Trinajstić information content (AvgIpc) is 2.95. The van der Waals surface area contributed by atoms with Gasteiger partial charge in [-0.2, -0.15) is 0 Å². The van der Waals surface area contributed by atoms with Crippen molar-refractivity contribution in [3.8, 4) is 0 Å². The molecule has 0 saturated carbocycles. The van der Waals surface area contributed by atoms with Crippen LogP contribution in [0.1, 0.15) is 34.0 Å². The number of ketones is 1. The Bertz CT molecular complexity index is 725. The molecule has 0 radical (unpaired) electrons. The molecule has 1 heterocycles. The van der Waals surface area contributed by atoms with Gasteiger partial charge in [-0.1, -0.05) is 35.2 Å². The zero-order chi connectivity index (χ0) is 17.0. The molecule has 1 aromatic carbocycles. The van der Waals surface area contributed by atoms with E-state index in [1.54, 1.807) is 6.08 Å². The summed E-state index contributed by atoms with van der Waals surface area (Å²) < 4.78 is 0.791. The lowest BCUT2D eigenvalue weighted by Gasteiger charge is -2.12. The van der Waals surface area contributed by atoms with Crippen molar-refractivity contribution in [2.24, 2.45) is 0 Å². The molecule has 0 amide bonds. The third kappa shape index (κ3) is 4.42. The van der Waals surface area contributed by atoms with Crippen LogP contribution >= 0.6 is 23.1 Å². The Labute approximate surface area is 145 Å². The van der Waals surface area contributed by atoms with Crippen LogP contribution in [0.2, 0.25) is 0 Å². The second-order valence-electron chi connectivity index (χ2n) is 5.42. The van der Waals surface area contributed by atoms with Crippen LogP contribution < -0.4 is 5.32 Å². The molecule has 0 spiro atoms. The van der Waals surface area contributed by atoms with E-state index in [9.17, 15) is 4.79 Å².